The van der Waals surface area contributed by atoms with Crippen LogP contribution in [0.1, 0.15) is 12.8 Å². The number of hydrogen-bond acceptors (Lipinski definition) is 6. The lowest BCUT2D eigenvalue weighted by Gasteiger charge is -2.32. The number of urea groups is 1. The van der Waals surface area contributed by atoms with E-state index in [1.54, 1.807) is 0 Å². The number of likely N-dealkylation sites (N-methyl/N-ethyl adjacent to an activating group) is 1. The summed E-state index contributed by atoms with van der Waals surface area (Å²) in [5.41, 5.74) is 0. The maximum absolute atomic E-state index is 12.9. The Labute approximate surface area is 161 Å². The normalized spacial score (nSPS) is 18.5. The van der Waals surface area contributed by atoms with Crippen LogP contribution in [0.3, 0.4) is 0 Å². The molecule has 1 atom stereocenters. The van der Waals surface area contributed by atoms with Gasteiger partial charge in [0.05, 0.1) is 15.0 Å². The van der Waals surface area contributed by atoms with Gasteiger partial charge in [0.2, 0.25) is 0 Å². The largest absolute Gasteiger partial charge is 0.337 e. The van der Waals surface area contributed by atoms with Crippen LogP contribution in [0, 0.1) is 0 Å². The van der Waals surface area contributed by atoms with Gasteiger partial charge in [-0.15, -0.1) is 0 Å². The molecule has 0 aliphatic carbocycles. The number of benzene rings is 1. The molecule has 0 aromatic heterocycles. The van der Waals surface area contributed by atoms with E-state index in [0.717, 1.165) is 6.26 Å². The molecule has 2 amide bonds. The van der Waals surface area contributed by atoms with Gasteiger partial charge in [-0.25, -0.2) is 21.6 Å². The Morgan fingerprint density at radius 3 is 2.30 bits per heavy atom. The fourth-order valence-electron chi connectivity index (χ4n) is 2.94. The number of amides is 2. The maximum atomic E-state index is 12.9. The first-order valence-electron chi connectivity index (χ1n) is 8.73. The average Bonchev–Trinajstić information content (AvgIpc) is 2.61. The smallest absolute Gasteiger partial charge is 0.317 e. The first-order chi connectivity index (χ1) is 12.5. The number of carbonyl (C=O) groups is 1. The lowest BCUT2D eigenvalue weighted by Crippen LogP contribution is -2.49. The van der Waals surface area contributed by atoms with Crippen molar-refractivity contribution in [2.45, 2.75) is 27.9 Å². The third-order valence-electron chi connectivity index (χ3n) is 4.52. The number of hydrogen-bond donors (Lipinski definition) is 1. The lowest BCUT2D eigenvalue weighted by atomic mass is 10.1. The van der Waals surface area contributed by atoms with E-state index in [1.165, 1.54) is 29.2 Å². The number of carbonyl (C=O) groups excluding carboxylic acids is 1. The maximum Gasteiger partial charge on any atom is 0.317 e. The summed E-state index contributed by atoms with van der Waals surface area (Å²) in [7, 11) is -3.22. The van der Waals surface area contributed by atoms with E-state index >= 15 is 0 Å². The van der Waals surface area contributed by atoms with Crippen LogP contribution in [0.2, 0.25) is 0 Å². The van der Waals surface area contributed by atoms with Crippen LogP contribution < -0.4 is 5.32 Å². The van der Waals surface area contributed by atoms with Gasteiger partial charge in [-0.2, -0.15) is 0 Å². The molecule has 1 aromatic carbocycles. The highest BCUT2D eigenvalue weighted by atomic mass is 32.2. The van der Waals surface area contributed by atoms with E-state index in [9.17, 15) is 21.6 Å². The summed E-state index contributed by atoms with van der Waals surface area (Å²) < 4.78 is 48.9. The van der Waals surface area contributed by atoms with Crippen molar-refractivity contribution in [3.05, 3.63) is 24.3 Å². The van der Waals surface area contributed by atoms with Gasteiger partial charge >= 0.3 is 6.03 Å². The fourth-order valence-corrected chi connectivity index (χ4v) is 5.33. The van der Waals surface area contributed by atoms with Gasteiger partial charge in [0, 0.05) is 32.4 Å². The first-order valence-corrected chi connectivity index (χ1v) is 12.2. The second-order valence-electron chi connectivity index (χ2n) is 7.03. The fraction of sp³-hybridized carbons (Fsp3) is 0.588. The Kier molecular flexibility index (Phi) is 6.87. The molecule has 0 radical (unpaired) electrons. The zero-order chi connectivity index (χ0) is 20.2. The van der Waals surface area contributed by atoms with Crippen molar-refractivity contribution in [1.82, 2.24) is 15.1 Å². The molecular formula is C17H27N3O5S2. The molecule has 152 valence electrons. The van der Waals surface area contributed by atoms with Crippen LogP contribution in [-0.2, 0) is 19.7 Å². The third-order valence-corrected chi connectivity index (χ3v) is 7.84. The van der Waals surface area contributed by atoms with E-state index in [-0.39, 0.29) is 22.4 Å². The molecule has 8 nitrogen and oxygen atoms in total. The van der Waals surface area contributed by atoms with Gasteiger partial charge in [0.1, 0.15) is 0 Å². The van der Waals surface area contributed by atoms with Crippen LogP contribution >= 0.6 is 0 Å². The number of sulfone groups is 2. The number of rotatable bonds is 6. The molecule has 1 aliphatic rings. The lowest BCUT2D eigenvalue weighted by molar-refractivity contribution is 0.186. The highest BCUT2D eigenvalue weighted by Gasteiger charge is 2.33. The van der Waals surface area contributed by atoms with Crippen LogP contribution in [0.15, 0.2) is 34.1 Å². The molecule has 1 fully saturated rings. The number of nitrogens with zero attached hydrogens (tertiary/aromatic N) is 2. The molecule has 1 aromatic rings. The molecule has 10 heteroatoms. The summed E-state index contributed by atoms with van der Waals surface area (Å²) in [5.74, 6) is 0. The van der Waals surface area contributed by atoms with Crippen LogP contribution in [-0.4, -0.2) is 84.4 Å². The highest BCUT2D eigenvalue weighted by Crippen LogP contribution is 2.25. The minimum atomic E-state index is -3.65. The monoisotopic (exact) mass is 417 g/mol. The number of nitrogens with one attached hydrogen (secondary N) is 1. The SMILES string of the molecule is CN(C)CCNC(=O)N1CCCC(S(=O)(=O)c2ccc(S(C)(=O)=O)cc2)C1. The highest BCUT2D eigenvalue weighted by molar-refractivity contribution is 7.92. The quantitative estimate of drug-likeness (QED) is 0.727. The molecule has 1 saturated heterocycles. The first kappa shape index (κ1) is 21.6. The second kappa shape index (κ2) is 8.57. The van der Waals surface area contributed by atoms with Gasteiger partial charge in [-0.3, -0.25) is 0 Å². The Morgan fingerprint density at radius 1 is 1.15 bits per heavy atom. The van der Waals surface area contributed by atoms with Gasteiger partial charge in [-0.1, -0.05) is 0 Å². The summed E-state index contributed by atoms with van der Waals surface area (Å²) >= 11 is 0. The molecule has 0 bridgehead atoms. The molecular weight excluding hydrogens is 390 g/mol. The molecule has 1 unspecified atom stereocenters. The predicted octanol–water partition coefficient (Wildman–Crippen LogP) is 0.599. The summed E-state index contributed by atoms with van der Waals surface area (Å²) in [6.07, 6.45) is 2.15. The Balaban J connectivity index is 2.08. The van der Waals surface area contributed by atoms with Gasteiger partial charge in [-0.05, 0) is 51.2 Å². The zero-order valence-corrected chi connectivity index (χ0v) is 17.5. The molecule has 0 saturated carbocycles. The zero-order valence-electron chi connectivity index (χ0n) is 15.9. The standard InChI is InChI=1S/C17H27N3O5S2/c1-19(2)12-10-18-17(21)20-11-4-5-16(13-20)27(24,25)15-8-6-14(7-9-15)26(3,22)23/h6-9,16H,4-5,10-13H2,1-3H3,(H,18,21). The topological polar surface area (TPSA) is 104 Å². The summed E-state index contributed by atoms with van der Waals surface area (Å²) in [4.78, 5) is 15.9. The van der Waals surface area contributed by atoms with Crippen molar-refractivity contribution in [2.75, 3.05) is 46.5 Å². The van der Waals surface area contributed by atoms with E-state index in [4.69, 9.17) is 0 Å². The Bertz CT molecular complexity index is 864. The van der Waals surface area contributed by atoms with E-state index in [0.29, 0.717) is 32.5 Å². The number of piperidine rings is 1. The third kappa shape index (κ3) is 5.66. The van der Waals surface area contributed by atoms with Crippen molar-refractivity contribution in [3.8, 4) is 0 Å². The molecule has 27 heavy (non-hydrogen) atoms. The molecule has 0 spiro atoms. The van der Waals surface area contributed by atoms with Crippen LogP contribution in [0.25, 0.3) is 0 Å². The average molecular weight is 418 g/mol. The minimum absolute atomic E-state index is 0.0759. The van der Waals surface area contributed by atoms with Crippen molar-refractivity contribution in [2.24, 2.45) is 0 Å². The Morgan fingerprint density at radius 2 is 1.74 bits per heavy atom. The molecule has 2 rings (SSSR count). The van der Waals surface area contributed by atoms with Crippen molar-refractivity contribution in [3.63, 3.8) is 0 Å². The number of likely N-dealkylation sites (tertiary alicyclic amines) is 1. The molecule has 1 aliphatic heterocycles. The van der Waals surface area contributed by atoms with Crippen LogP contribution in [0.5, 0.6) is 0 Å². The Hall–Kier alpha value is -1.65. The van der Waals surface area contributed by atoms with Crippen molar-refractivity contribution in [1.29, 1.82) is 0 Å². The summed E-state index contributed by atoms with van der Waals surface area (Å²) in [6.45, 7) is 1.84. The van der Waals surface area contributed by atoms with Crippen molar-refractivity contribution >= 4 is 25.7 Å². The van der Waals surface area contributed by atoms with Gasteiger partial charge < -0.3 is 15.1 Å². The predicted molar refractivity (Wildman–Crippen MR) is 103 cm³/mol. The van der Waals surface area contributed by atoms with Crippen molar-refractivity contribution < 1.29 is 21.6 Å². The van der Waals surface area contributed by atoms with Gasteiger partial charge in [0.25, 0.3) is 0 Å². The molecule has 1 N–H and O–H groups in total. The molecule has 1 heterocycles. The van der Waals surface area contributed by atoms with E-state index in [2.05, 4.69) is 5.32 Å². The van der Waals surface area contributed by atoms with E-state index in [1.807, 2.05) is 19.0 Å². The van der Waals surface area contributed by atoms with Gasteiger partial charge in [0.15, 0.2) is 19.7 Å². The van der Waals surface area contributed by atoms with Crippen LogP contribution in [0.4, 0.5) is 4.79 Å². The van der Waals surface area contributed by atoms with E-state index < -0.39 is 24.9 Å². The second-order valence-corrected chi connectivity index (χ2v) is 11.3. The minimum Gasteiger partial charge on any atom is -0.337 e. The summed E-state index contributed by atoms with van der Waals surface area (Å²) in [6, 6.07) is 4.99. The summed E-state index contributed by atoms with van der Waals surface area (Å²) in [5, 5.41) is 2.10.